The highest BCUT2D eigenvalue weighted by atomic mass is 32.2. The van der Waals surface area contributed by atoms with Gasteiger partial charge in [0.2, 0.25) is 10.0 Å². The minimum atomic E-state index is -3.73. The molecular formula is C14H18N3O2S2-. The molecule has 1 aromatic carbocycles. The summed E-state index contributed by atoms with van der Waals surface area (Å²) in [6.07, 6.45) is 0.741. The second-order valence-electron chi connectivity index (χ2n) is 6.10. The van der Waals surface area contributed by atoms with Crippen molar-refractivity contribution in [1.29, 1.82) is 0 Å². The molecule has 0 saturated heterocycles. The molecule has 0 radical (unpaired) electrons. The van der Waals surface area contributed by atoms with Crippen LogP contribution in [-0.4, -0.2) is 18.6 Å². The topological polar surface area (TPSA) is 74.0 Å². The Hall–Kier alpha value is -1.47. The highest BCUT2D eigenvalue weighted by Gasteiger charge is 2.14. The first-order chi connectivity index (χ1) is 9.66. The molecule has 0 spiro atoms. The molecule has 21 heavy (non-hydrogen) atoms. The second kappa shape index (κ2) is 5.73. The van der Waals surface area contributed by atoms with Gasteiger partial charge in [-0.05, 0) is 24.5 Å². The molecule has 0 unspecified atom stereocenters. The summed E-state index contributed by atoms with van der Waals surface area (Å²) >= 11 is 1.22. The lowest BCUT2D eigenvalue weighted by Crippen LogP contribution is -2.08. The Kier molecular flexibility index (Phi) is 4.34. The van der Waals surface area contributed by atoms with Gasteiger partial charge in [-0.25, -0.2) is 8.42 Å². The molecule has 0 bridgehead atoms. The first-order valence-electron chi connectivity index (χ1n) is 6.53. The van der Waals surface area contributed by atoms with Gasteiger partial charge in [0.15, 0.2) is 0 Å². The van der Waals surface area contributed by atoms with E-state index in [-0.39, 0.29) is 15.4 Å². The van der Waals surface area contributed by atoms with Gasteiger partial charge in [0.25, 0.3) is 0 Å². The molecule has 1 heterocycles. The Labute approximate surface area is 129 Å². The summed E-state index contributed by atoms with van der Waals surface area (Å²) in [7, 11) is -3.73. The molecular weight excluding hydrogens is 306 g/mol. The van der Waals surface area contributed by atoms with Crippen molar-refractivity contribution in [2.45, 2.75) is 39.0 Å². The molecule has 0 fully saturated rings. The van der Waals surface area contributed by atoms with Gasteiger partial charge in [-0.15, -0.1) is 11.3 Å². The molecule has 0 aliphatic heterocycles. The van der Waals surface area contributed by atoms with Crippen molar-refractivity contribution in [2.24, 2.45) is 5.41 Å². The Morgan fingerprint density at radius 3 is 2.33 bits per heavy atom. The number of aryl methyl sites for hydroxylation is 1. The number of sulfonamides is 1. The van der Waals surface area contributed by atoms with Gasteiger partial charge >= 0.3 is 0 Å². The van der Waals surface area contributed by atoms with Crippen LogP contribution < -0.4 is 0 Å². The first kappa shape index (κ1) is 15.9. The summed E-state index contributed by atoms with van der Waals surface area (Å²) < 4.78 is 28.1. The highest BCUT2D eigenvalue weighted by Crippen LogP contribution is 2.32. The van der Waals surface area contributed by atoms with Crippen molar-refractivity contribution in [2.75, 3.05) is 0 Å². The van der Waals surface area contributed by atoms with Crippen LogP contribution in [0.25, 0.3) is 4.72 Å². The molecule has 2 rings (SSSR count). The van der Waals surface area contributed by atoms with E-state index in [0.29, 0.717) is 0 Å². The maximum absolute atomic E-state index is 12.2. The molecule has 0 N–H and O–H groups in total. The van der Waals surface area contributed by atoms with Crippen LogP contribution in [-0.2, 0) is 16.4 Å². The van der Waals surface area contributed by atoms with Crippen molar-refractivity contribution in [3.8, 4) is 0 Å². The quantitative estimate of drug-likeness (QED) is 0.856. The lowest BCUT2D eigenvalue weighted by molar-refractivity contribution is 0.409. The van der Waals surface area contributed by atoms with E-state index >= 15 is 0 Å². The van der Waals surface area contributed by atoms with Crippen LogP contribution in [0.5, 0.6) is 0 Å². The Bertz CT molecular complexity index is 713. The summed E-state index contributed by atoms with van der Waals surface area (Å²) in [6, 6.07) is 6.58. The van der Waals surface area contributed by atoms with Crippen LogP contribution in [0, 0.1) is 12.3 Å². The average molecular weight is 324 g/mol. The molecule has 7 heteroatoms. The summed E-state index contributed by atoms with van der Waals surface area (Å²) in [5.74, 6) is 0. The standard InChI is InChI=1S/C14H18N3O2S2/c1-10-5-7-11(8-6-10)21(18,19)17-13-16-15-12(20-13)9-14(2,3)4/h5-8H,9H2,1-4H3/q-1. The smallest absolute Gasteiger partial charge is 0.203 e. The van der Waals surface area contributed by atoms with E-state index < -0.39 is 10.0 Å². The van der Waals surface area contributed by atoms with Crippen LogP contribution in [0.2, 0.25) is 0 Å². The SMILES string of the molecule is Cc1ccc(S(=O)(=O)[N-]c2nnc(CC(C)(C)C)s2)cc1. The molecule has 0 saturated carbocycles. The van der Waals surface area contributed by atoms with Crippen molar-refractivity contribution < 1.29 is 8.42 Å². The van der Waals surface area contributed by atoms with Gasteiger partial charge in [-0.1, -0.05) is 38.5 Å². The van der Waals surface area contributed by atoms with Gasteiger partial charge in [0.1, 0.15) is 0 Å². The first-order valence-corrected chi connectivity index (χ1v) is 8.78. The molecule has 1 aromatic heterocycles. The molecule has 2 aromatic rings. The zero-order chi connectivity index (χ0) is 15.7. The predicted octanol–water partition coefficient (Wildman–Crippen LogP) is 3.83. The third kappa shape index (κ3) is 4.50. The third-order valence-corrected chi connectivity index (χ3v) is 4.87. The van der Waals surface area contributed by atoms with Gasteiger partial charge in [-0.3, -0.25) is 5.10 Å². The van der Waals surface area contributed by atoms with Gasteiger partial charge in [0, 0.05) is 11.6 Å². The molecule has 5 nitrogen and oxygen atoms in total. The number of nitrogens with zero attached hydrogens (tertiary/aromatic N) is 3. The number of rotatable bonds is 4. The van der Waals surface area contributed by atoms with E-state index in [9.17, 15) is 8.42 Å². The summed E-state index contributed by atoms with van der Waals surface area (Å²) in [5.41, 5.74) is 1.07. The highest BCUT2D eigenvalue weighted by molar-refractivity contribution is 7.94. The fourth-order valence-electron chi connectivity index (χ4n) is 1.67. The Morgan fingerprint density at radius 2 is 1.76 bits per heavy atom. The summed E-state index contributed by atoms with van der Waals surface area (Å²) in [5, 5.41) is 8.82. The summed E-state index contributed by atoms with van der Waals surface area (Å²) in [4.78, 5) is 0.167. The van der Waals surface area contributed by atoms with Crippen molar-refractivity contribution in [3.63, 3.8) is 0 Å². The second-order valence-corrected chi connectivity index (χ2v) is 8.74. The maximum atomic E-state index is 12.2. The number of hydrogen-bond donors (Lipinski definition) is 0. The van der Waals surface area contributed by atoms with Gasteiger partial charge < -0.3 is 9.82 Å². The molecule has 0 aliphatic rings. The third-order valence-electron chi connectivity index (χ3n) is 2.65. The largest absolute Gasteiger partial charge is 0.342 e. The molecule has 0 aliphatic carbocycles. The van der Waals surface area contributed by atoms with E-state index in [1.54, 1.807) is 24.3 Å². The van der Waals surface area contributed by atoms with Crippen LogP contribution in [0.3, 0.4) is 0 Å². The predicted molar refractivity (Wildman–Crippen MR) is 84.5 cm³/mol. The van der Waals surface area contributed by atoms with Gasteiger partial charge in [0.05, 0.1) is 9.90 Å². The van der Waals surface area contributed by atoms with Crippen LogP contribution in [0.4, 0.5) is 5.13 Å². The normalized spacial score (nSPS) is 12.4. The maximum Gasteiger partial charge on any atom is 0.203 e. The van der Waals surface area contributed by atoms with Crippen LogP contribution in [0.15, 0.2) is 29.2 Å². The van der Waals surface area contributed by atoms with Crippen molar-refractivity contribution >= 4 is 26.5 Å². The van der Waals surface area contributed by atoms with Crippen LogP contribution in [0.1, 0.15) is 31.3 Å². The van der Waals surface area contributed by atoms with Crippen LogP contribution >= 0.6 is 11.3 Å². The summed E-state index contributed by atoms with van der Waals surface area (Å²) in [6.45, 7) is 8.17. The number of benzene rings is 1. The van der Waals surface area contributed by atoms with E-state index in [2.05, 4.69) is 35.7 Å². The van der Waals surface area contributed by atoms with E-state index in [4.69, 9.17) is 0 Å². The van der Waals surface area contributed by atoms with E-state index in [0.717, 1.165) is 17.0 Å². The average Bonchev–Trinajstić information content (AvgIpc) is 2.73. The fraction of sp³-hybridized carbons (Fsp3) is 0.429. The zero-order valence-electron chi connectivity index (χ0n) is 12.5. The molecule has 0 atom stereocenters. The fourth-order valence-corrected chi connectivity index (χ4v) is 3.82. The monoisotopic (exact) mass is 324 g/mol. The van der Waals surface area contributed by atoms with Crippen molar-refractivity contribution in [1.82, 2.24) is 10.2 Å². The Balaban J connectivity index is 2.16. The van der Waals surface area contributed by atoms with Crippen molar-refractivity contribution in [3.05, 3.63) is 39.6 Å². The lowest BCUT2D eigenvalue weighted by atomic mass is 9.93. The minimum Gasteiger partial charge on any atom is -0.342 e. The molecule has 0 amide bonds. The Morgan fingerprint density at radius 1 is 1.14 bits per heavy atom. The molecule has 114 valence electrons. The zero-order valence-corrected chi connectivity index (χ0v) is 14.1. The number of hydrogen-bond acceptors (Lipinski definition) is 5. The van der Waals surface area contributed by atoms with E-state index in [1.807, 2.05) is 6.92 Å². The minimum absolute atomic E-state index is 0.0760. The van der Waals surface area contributed by atoms with E-state index in [1.165, 1.54) is 11.3 Å². The lowest BCUT2D eigenvalue weighted by Gasteiger charge is -2.15. The van der Waals surface area contributed by atoms with Gasteiger partial charge in [-0.2, -0.15) is 0 Å². The number of aromatic nitrogens is 2.